The number of aryl methyl sites for hydroxylation is 2. The molecule has 2 aromatic rings. The fourth-order valence-corrected chi connectivity index (χ4v) is 3.08. The van der Waals surface area contributed by atoms with E-state index in [4.69, 9.17) is 0 Å². The zero-order chi connectivity index (χ0) is 14.5. The van der Waals surface area contributed by atoms with Crippen molar-refractivity contribution >= 4 is 15.9 Å². The van der Waals surface area contributed by atoms with Crippen molar-refractivity contribution < 1.29 is 0 Å². The van der Waals surface area contributed by atoms with E-state index in [0.717, 1.165) is 29.6 Å². The molecule has 0 saturated carbocycles. The molecule has 1 N–H and O–H groups in total. The minimum absolute atomic E-state index is 0.435. The number of nitrogens with one attached hydrogen (secondary N) is 1. The first-order chi connectivity index (χ1) is 9.61. The number of hydrogen-bond acceptors (Lipinski definition) is 2. The van der Waals surface area contributed by atoms with Crippen molar-refractivity contribution in [2.75, 3.05) is 0 Å². The zero-order valence-electron chi connectivity index (χ0n) is 12.4. The molecule has 0 aliphatic rings. The van der Waals surface area contributed by atoms with Gasteiger partial charge in [-0.05, 0) is 41.3 Å². The molecular weight excluding hydrogens is 314 g/mol. The van der Waals surface area contributed by atoms with Crippen molar-refractivity contribution in [3.63, 3.8) is 0 Å². The minimum Gasteiger partial charge on any atom is -0.308 e. The van der Waals surface area contributed by atoms with Gasteiger partial charge in [0.2, 0.25) is 0 Å². The Kier molecular flexibility index (Phi) is 5.38. The maximum atomic E-state index is 4.52. The lowest BCUT2D eigenvalue weighted by molar-refractivity contribution is 0.524. The maximum absolute atomic E-state index is 4.52. The van der Waals surface area contributed by atoms with Crippen LogP contribution in [-0.4, -0.2) is 15.8 Å². The lowest BCUT2D eigenvalue weighted by Gasteiger charge is -2.14. The van der Waals surface area contributed by atoms with E-state index < -0.39 is 0 Å². The summed E-state index contributed by atoms with van der Waals surface area (Å²) in [6.07, 6.45) is 1.99. The summed E-state index contributed by atoms with van der Waals surface area (Å²) >= 11 is 3.66. The number of halogens is 1. The summed E-state index contributed by atoms with van der Waals surface area (Å²) < 4.78 is 3.10. The van der Waals surface area contributed by atoms with Crippen LogP contribution in [0.2, 0.25) is 0 Å². The van der Waals surface area contributed by atoms with E-state index in [-0.39, 0.29) is 0 Å². The van der Waals surface area contributed by atoms with Crippen LogP contribution >= 0.6 is 15.9 Å². The Bertz CT molecular complexity index is 548. The van der Waals surface area contributed by atoms with E-state index in [2.05, 4.69) is 70.5 Å². The van der Waals surface area contributed by atoms with Gasteiger partial charge in [0.1, 0.15) is 0 Å². The molecule has 108 valence electrons. The number of aromatic nitrogens is 2. The van der Waals surface area contributed by atoms with E-state index in [1.807, 2.05) is 11.7 Å². The Morgan fingerprint density at radius 1 is 1.30 bits per heavy atom. The number of benzene rings is 1. The molecule has 0 aliphatic heterocycles. The molecule has 1 unspecified atom stereocenters. The third-order valence-electron chi connectivity index (χ3n) is 3.51. The van der Waals surface area contributed by atoms with Gasteiger partial charge < -0.3 is 5.32 Å². The van der Waals surface area contributed by atoms with Gasteiger partial charge in [-0.2, -0.15) is 5.10 Å². The molecule has 2 rings (SSSR count). The Morgan fingerprint density at radius 3 is 2.60 bits per heavy atom. The first-order valence-electron chi connectivity index (χ1n) is 7.09. The number of hydrogen-bond donors (Lipinski definition) is 1. The smallest absolute Gasteiger partial charge is 0.0767 e. The van der Waals surface area contributed by atoms with Crippen LogP contribution in [0.5, 0.6) is 0 Å². The monoisotopic (exact) mass is 335 g/mol. The minimum atomic E-state index is 0.435. The molecule has 3 nitrogen and oxygen atoms in total. The molecule has 0 fully saturated rings. The van der Waals surface area contributed by atoms with Crippen LogP contribution in [-0.2, 0) is 26.4 Å². The van der Waals surface area contributed by atoms with Gasteiger partial charge in [-0.3, -0.25) is 4.68 Å². The van der Waals surface area contributed by atoms with Gasteiger partial charge in [-0.15, -0.1) is 0 Å². The van der Waals surface area contributed by atoms with Gasteiger partial charge in [-0.1, -0.05) is 37.3 Å². The highest BCUT2D eigenvalue weighted by Crippen LogP contribution is 2.21. The van der Waals surface area contributed by atoms with Gasteiger partial charge in [0, 0.05) is 19.6 Å². The molecular formula is C16H22BrN3. The number of rotatable bonds is 6. The Hall–Kier alpha value is -1.13. The highest BCUT2D eigenvalue weighted by Gasteiger charge is 2.13. The molecule has 1 aromatic carbocycles. The third kappa shape index (κ3) is 3.70. The van der Waals surface area contributed by atoms with Crippen molar-refractivity contribution in [1.82, 2.24) is 15.1 Å². The lowest BCUT2D eigenvalue weighted by atomic mass is 10.1. The van der Waals surface area contributed by atoms with Crippen LogP contribution < -0.4 is 5.32 Å². The van der Waals surface area contributed by atoms with Gasteiger partial charge in [0.05, 0.1) is 15.9 Å². The average molecular weight is 336 g/mol. The summed E-state index contributed by atoms with van der Waals surface area (Å²) in [5.41, 5.74) is 3.70. The van der Waals surface area contributed by atoms with Crippen LogP contribution in [0.1, 0.15) is 30.8 Å². The fourth-order valence-electron chi connectivity index (χ4n) is 2.32. The SMILES string of the molecule is CCc1nn(C)c(CNC(C)Cc2ccccc2)c1Br. The van der Waals surface area contributed by atoms with E-state index >= 15 is 0 Å². The molecule has 0 amide bonds. The van der Waals surface area contributed by atoms with E-state index in [0.29, 0.717) is 6.04 Å². The second kappa shape index (κ2) is 7.04. The summed E-state index contributed by atoms with van der Waals surface area (Å²) in [6, 6.07) is 11.0. The van der Waals surface area contributed by atoms with Crippen LogP contribution in [0.15, 0.2) is 34.8 Å². The van der Waals surface area contributed by atoms with Crippen molar-refractivity contribution in [3.8, 4) is 0 Å². The Morgan fingerprint density at radius 2 is 2.00 bits per heavy atom. The second-order valence-electron chi connectivity index (χ2n) is 5.16. The molecule has 20 heavy (non-hydrogen) atoms. The molecule has 1 heterocycles. The van der Waals surface area contributed by atoms with E-state index in [1.54, 1.807) is 0 Å². The normalized spacial score (nSPS) is 12.6. The highest BCUT2D eigenvalue weighted by atomic mass is 79.9. The van der Waals surface area contributed by atoms with Gasteiger partial charge >= 0.3 is 0 Å². The molecule has 0 saturated heterocycles. The quantitative estimate of drug-likeness (QED) is 0.875. The van der Waals surface area contributed by atoms with Crippen molar-refractivity contribution in [3.05, 3.63) is 51.8 Å². The Balaban J connectivity index is 1.93. The summed E-state index contributed by atoms with van der Waals surface area (Å²) in [4.78, 5) is 0. The van der Waals surface area contributed by atoms with Gasteiger partial charge in [0.15, 0.2) is 0 Å². The molecule has 1 atom stereocenters. The van der Waals surface area contributed by atoms with Crippen LogP contribution in [0.4, 0.5) is 0 Å². The van der Waals surface area contributed by atoms with Crippen LogP contribution in [0, 0.1) is 0 Å². The molecule has 4 heteroatoms. The first kappa shape index (κ1) is 15.3. The number of nitrogens with zero attached hydrogens (tertiary/aromatic N) is 2. The van der Waals surface area contributed by atoms with Crippen LogP contribution in [0.25, 0.3) is 0 Å². The summed E-state index contributed by atoms with van der Waals surface area (Å²) in [6.45, 7) is 5.18. The summed E-state index contributed by atoms with van der Waals surface area (Å²) in [5, 5.41) is 8.10. The predicted molar refractivity (Wildman–Crippen MR) is 86.7 cm³/mol. The first-order valence-corrected chi connectivity index (χ1v) is 7.88. The average Bonchev–Trinajstić information content (AvgIpc) is 2.72. The zero-order valence-corrected chi connectivity index (χ0v) is 13.9. The van der Waals surface area contributed by atoms with Gasteiger partial charge in [0.25, 0.3) is 0 Å². The highest BCUT2D eigenvalue weighted by molar-refractivity contribution is 9.10. The van der Waals surface area contributed by atoms with E-state index in [1.165, 1.54) is 11.3 Å². The third-order valence-corrected chi connectivity index (χ3v) is 4.42. The Labute approximate surface area is 129 Å². The standard InChI is InChI=1S/C16H22BrN3/c1-4-14-16(17)15(20(3)19-14)11-18-12(2)10-13-8-6-5-7-9-13/h5-9,12,18H,4,10-11H2,1-3H3. The maximum Gasteiger partial charge on any atom is 0.0767 e. The summed E-state index contributed by atoms with van der Waals surface area (Å²) in [5.74, 6) is 0. The van der Waals surface area contributed by atoms with E-state index in [9.17, 15) is 0 Å². The fraction of sp³-hybridized carbons (Fsp3) is 0.438. The largest absolute Gasteiger partial charge is 0.308 e. The molecule has 0 bridgehead atoms. The summed E-state index contributed by atoms with van der Waals surface area (Å²) in [7, 11) is 2.00. The predicted octanol–water partition coefficient (Wildman–Crippen LogP) is 3.47. The second-order valence-corrected chi connectivity index (χ2v) is 5.95. The molecule has 0 aliphatic carbocycles. The lowest BCUT2D eigenvalue weighted by Crippen LogP contribution is -2.28. The van der Waals surface area contributed by atoms with Crippen molar-refractivity contribution in [1.29, 1.82) is 0 Å². The van der Waals surface area contributed by atoms with Gasteiger partial charge in [-0.25, -0.2) is 0 Å². The van der Waals surface area contributed by atoms with Crippen LogP contribution in [0.3, 0.4) is 0 Å². The molecule has 1 aromatic heterocycles. The molecule has 0 radical (unpaired) electrons. The van der Waals surface area contributed by atoms with Crippen molar-refractivity contribution in [2.45, 2.75) is 39.3 Å². The topological polar surface area (TPSA) is 29.9 Å². The van der Waals surface area contributed by atoms with Crippen molar-refractivity contribution in [2.24, 2.45) is 7.05 Å². The molecule has 0 spiro atoms.